The van der Waals surface area contributed by atoms with Crippen molar-refractivity contribution in [3.8, 4) is 0 Å². The molecule has 1 heterocycles. The van der Waals surface area contributed by atoms with Gasteiger partial charge in [-0.3, -0.25) is 4.55 Å². The molecule has 0 amide bonds. The van der Waals surface area contributed by atoms with Gasteiger partial charge in [0.1, 0.15) is 0 Å². The van der Waals surface area contributed by atoms with E-state index in [1.54, 1.807) is 0 Å². The minimum Gasteiger partial charge on any atom is -0.379 e. The van der Waals surface area contributed by atoms with Crippen LogP contribution in [0.5, 0.6) is 0 Å². The van der Waals surface area contributed by atoms with Crippen LogP contribution in [0, 0.1) is 0 Å². The SMILES string of the molecule is C1COCCN1.CCN=C=NCCCN(C)C.CCS(=O)(=O)O.Cl. The lowest BCUT2D eigenvalue weighted by Crippen LogP contribution is -2.30. The van der Waals surface area contributed by atoms with Crippen molar-refractivity contribution in [2.24, 2.45) is 9.98 Å². The van der Waals surface area contributed by atoms with Gasteiger partial charge < -0.3 is 15.0 Å². The number of hydrogen-bond acceptors (Lipinski definition) is 7. The summed E-state index contributed by atoms with van der Waals surface area (Å²) in [5.41, 5.74) is 0. The zero-order chi connectivity index (χ0) is 18.0. The average Bonchev–Trinajstić information content (AvgIpc) is 2.53. The Morgan fingerprint density at radius 1 is 1.21 bits per heavy atom. The first-order valence-electron chi connectivity index (χ1n) is 7.79. The maximum absolute atomic E-state index is 9.56. The number of halogens is 1. The molecule has 0 aromatic heterocycles. The summed E-state index contributed by atoms with van der Waals surface area (Å²) >= 11 is 0. The topological polar surface area (TPSA) is 104 Å². The van der Waals surface area contributed by atoms with E-state index >= 15 is 0 Å². The van der Waals surface area contributed by atoms with Crippen LogP contribution in [0.1, 0.15) is 20.3 Å². The third kappa shape index (κ3) is 33.2. The first kappa shape index (κ1) is 28.3. The lowest BCUT2D eigenvalue weighted by molar-refractivity contribution is 0.109. The minimum atomic E-state index is -3.66. The molecule has 0 radical (unpaired) electrons. The molecule has 8 nitrogen and oxygen atoms in total. The summed E-state index contributed by atoms with van der Waals surface area (Å²) < 4.78 is 31.9. The molecule has 1 rings (SSSR count). The summed E-state index contributed by atoms with van der Waals surface area (Å²) in [5.74, 6) is -0.201. The largest absolute Gasteiger partial charge is 0.379 e. The van der Waals surface area contributed by atoms with Crippen LogP contribution < -0.4 is 5.32 Å². The first-order chi connectivity index (χ1) is 10.8. The molecule has 10 heteroatoms. The number of nitrogens with zero attached hydrogens (tertiary/aromatic N) is 3. The van der Waals surface area contributed by atoms with E-state index in [-0.39, 0.29) is 18.2 Å². The Labute approximate surface area is 152 Å². The molecule has 1 fully saturated rings. The highest BCUT2D eigenvalue weighted by atomic mass is 35.5. The van der Waals surface area contributed by atoms with Crippen LogP contribution in [-0.4, -0.2) is 89.7 Å². The Bertz CT molecular complexity index is 397. The second kappa shape index (κ2) is 20.5. The number of nitrogens with one attached hydrogen (secondary N) is 1. The van der Waals surface area contributed by atoms with Crippen molar-refractivity contribution in [1.82, 2.24) is 10.2 Å². The lowest BCUT2D eigenvalue weighted by Gasteiger charge is -2.10. The van der Waals surface area contributed by atoms with Gasteiger partial charge in [-0.15, -0.1) is 12.4 Å². The van der Waals surface area contributed by atoms with Gasteiger partial charge in [0.15, 0.2) is 0 Å². The van der Waals surface area contributed by atoms with Crippen molar-refractivity contribution in [1.29, 1.82) is 0 Å². The molecule has 2 N–H and O–H groups in total. The molecule has 0 unspecified atom stereocenters. The molecule has 0 aliphatic carbocycles. The van der Waals surface area contributed by atoms with Crippen molar-refractivity contribution in [3.63, 3.8) is 0 Å². The van der Waals surface area contributed by atoms with E-state index in [1.807, 2.05) is 6.92 Å². The van der Waals surface area contributed by atoms with Gasteiger partial charge in [0.2, 0.25) is 0 Å². The molecule has 0 atom stereocenters. The van der Waals surface area contributed by atoms with Crippen LogP contribution in [-0.2, 0) is 14.9 Å². The summed E-state index contributed by atoms with van der Waals surface area (Å²) in [6, 6.07) is 2.64. The summed E-state index contributed by atoms with van der Waals surface area (Å²) in [7, 11) is 0.457. The van der Waals surface area contributed by atoms with E-state index < -0.39 is 10.1 Å². The summed E-state index contributed by atoms with van der Waals surface area (Å²) in [5, 5.41) is 3.16. The second-order valence-electron chi connectivity index (χ2n) is 4.85. The van der Waals surface area contributed by atoms with Gasteiger partial charge in [-0.1, -0.05) is 0 Å². The number of morpholine rings is 1. The van der Waals surface area contributed by atoms with Crippen molar-refractivity contribution in [2.45, 2.75) is 20.3 Å². The van der Waals surface area contributed by atoms with Crippen LogP contribution in [0.25, 0.3) is 0 Å². The highest BCUT2D eigenvalue weighted by Gasteiger charge is 1.93. The fourth-order valence-corrected chi connectivity index (χ4v) is 1.15. The predicted molar refractivity (Wildman–Crippen MR) is 101 cm³/mol. The van der Waals surface area contributed by atoms with Gasteiger partial charge in [0.25, 0.3) is 10.1 Å². The quantitative estimate of drug-likeness (QED) is 0.400. The van der Waals surface area contributed by atoms with Gasteiger partial charge in [0.05, 0.1) is 31.5 Å². The molecule has 1 saturated heterocycles. The molecular weight excluding hydrogens is 356 g/mol. The standard InChI is InChI=1S/C8H17N3.C4H9NO.C2H6O3S.ClH/c1-4-9-8-10-6-5-7-11(2)3;1-3-6-4-2-5-1;1-2-6(3,4)5;/h4-7H2,1-3H3;5H,1-4H2;2H2,1H3,(H,3,4,5);1H. The Hall–Kier alpha value is -0.540. The third-order valence-corrected chi connectivity index (χ3v) is 3.12. The van der Waals surface area contributed by atoms with E-state index in [9.17, 15) is 8.42 Å². The Kier molecular flexibility index (Phi) is 24.2. The molecule has 1 aliphatic heterocycles. The van der Waals surface area contributed by atoms with Crippen LogP contribution in [0.3, 0.4) is 0 Å². The number of rotatable bonds is 6. The van der Waals surface area contributed by atoms with Crippen molar-refractivity contribution < 1.29 is 17.7 Å². The second-order valence-corrected chi connectivity index (χ2v) is 6.59. The van der Waals surface area contributed by atoms with Gasteiger partial charge in [-0.2, -0.15) is 8.42 Å². The Balaban J connectivity index is -0.000000290. The van der Waals surface area contributed by atoms with E-state index in [0.717, 1.165) is 52.4 Å². The molecule has 0 saturated carbocycles. The zero-order valence-electron chi connectivity index (χ0n) is 15.2. The summed E-state index contributed by atoms with van der Waals surface area (Å²) in [4.78, 5) is 9.99. The number of ether oxygens (including phenoxy) is 1. The first-order valence-corrected chi connectivity index (χ1v) is 9.40. The molecule has 0 aromatic rings. The molecule has 1 aliphatic rings. The molecule has 0 bridgehead atoms. The molecular formula is C14H33ClN4O4S. The molecule has 24 heavy (non-hydrogen) atoms. The van der Waals surface area contributed by atoms with E-state index in [1.165, 1.54) is 6.92 Å². The summed E-state index contributed by atoms with van der Waals surface area (Å²) in [6.07, 6.45) is 1.08. The maximum atomic E-state index is 9.56. The average molecular weight is 389 g/mol. The van der Waals surface area contributed by atoms with Crippen LogP contribution >= 0.6 is 12.4 Å². The van der Waals surface area contributed by atoms with Gasteiger partial charge >= 0.3 is 0 Å². The Morgan fingerprint density at radius 3 is 2.04 bits per heavy atom. The number of hydrogen-bond donors (Lipinski definition) is 2. The smallest absolute Gasteiger partial charge is 0.264 e. The predicted octanol–water partition coefficient (Wildman–Crippen LogP) is 1.05. The maximum Gasteiger partial charge on any atom is 0.264 e. The van der Waals surface area contributed by atoms with E-state index in [4.69, 9.17) is 9.29 Å². The van der Waals surface area contributed by atoms with Crippen molar-refractivity contribution >= 4 is 28.5 Å². The third-order valence-electron chi connectivity index (χ3n) is 2.39. The zero-order valence-corrected chi connectivity index (χ0v) is 16.8. The number of aliphatic imine (C=N–C) groups is 2. The normalized spacial score (nSPS) is 13.2. The van der Waals surface area contributed by atoms with Crippen molar-refractivity contribution in [2.75, 3.05) is 65.8 Å². The van der Waals surface area contributed by atoms with E-state index in [2.05, 4.69) is 40.3 Å². The van der Waals surface area contributed by atoms with Crippen LogP contribution in [0.2, 0.25) is 0 Å². The van der Waals surface area contributed by atoms with Gasteiger partial charge in [-0.05, 0) is 40.9 Å². The minimum absolute atomic E-state index is 0. The molecule has 146 valence electrons. The lowest BCUT2D eigenvalue weighted by atomic mass is 10.4. The van der Waals surface area contributed by atoms with Gasteiger partial charge in [-0.25, -0.2) is 9.98 Å². The van der Waals surface area contributed by atoms with E-state index in [0.29, 0.717) is 0 Å². The molecule has 0 spiro atoms. The summed E-state index contributed by atoms with van der Waals surface area (Å²) in [6.45, 7) is 9.87. The Morgan fingerprint density at radius 2 is 1.75 bits per heavy atom. The van der Waals surface area contributed by atoms with Crippen LogP contribution in [0.4, 0.5) is 0 Å². The molecule has 0 aromatic carbocycles. The fraction of sp³-hybridized carbons (Fsp3) is 0.929. The highest BCUT2D eigenvalue weighted by molar-refractivity contribution is 7.85. The van der Waals surface area contributed by atoms with Crippen molar-refractivity contribution in [3.05, 3.63) is 0 Å². The fourth-order valence-electron chi connectivity index (χ4n) is 1.15. The van der Waals surface area contributed by atoms with Gasteiger partial charge in [0, 0.05) is 19.6 Å². The van der Waals surface area contributed by atoms with Crippen LogP contribution in [0.15, 0.2) is 9.98 Å². The highest BCUT2D eigenvalue weighted by Crippen LogP contribution is 1.82. The monoisotopic (exact) mass is 388 g/mol.